The monoisotopic (exact) mass is 288 g/mol. The maximum atomic E-state index is 12.0. The molecule has 6 nitrogen and oxygen atoms in total. The van der Waals surface area contributed by atoms with Crippen molar-refractivity contribution in [2.45, 2.75) is 30.6 Å². The summed E-state index contributed by atoms with van der Waals surface area (Å²) in [7, 11) is 0. The molecule has 0 spiro atoms. The summed E-state index contributed by atoms with van der Waals surface area (Å²) in [5.41, 5.74) is 0. The first kappa shape index (κ1) is 14.5. The van der Waals surface area contributed by atoms with Gasteiger partial charge in [-0.2, -0.15) is 11.8 Å². The van der Waals surface area contributed by atoms with Crippen molar-refractivity contribution < 1.29 is 19.4 Å². The number of carboxylic acid groups (broad SMARTS) is 1. The van der Waals surface area contributed by atoms with Crippen LogP contribution in [-0.4, -0.2) is 64.9 Å². The molecule has 0 aromatic rings. The number of amides is 2. The molecule has 0 aliphatic carbocycles. The average molecular weight is 288 g/mol. The van der Waals surface area contributed by atoms with Crippen molar-refractivity contribution in [1.82, 2.24) is 10.2 Å². The van der Waals surface area contributed by atoms with Crippen LogP contribution in [0.1, 0.15) is 19.8 Å². The van der Waals surface area contributed by atoms with Crippen LogP contribution in [0.4, 0.5) is 4.79 Å². The summed E-state index contributed by atoms with van der Waals surface area (Å²) in [6, 6.07) is -0.191. The molecule has 2 fully saturated rings. The van der Waals surface area contributed by atoms with E-state index in [2.05, 4.69) is 12.2 Å². The van der Waals surface area contributed by atoms with Crippen LogP contribution in [0, 0.1) is 0 Å². The van der Waals surface area contributed by atoms with Gasteiger partial charge in [-0.05, 0) is 25.5 Å². The molecule has 2 amide bonds. The molecule has 0 aromatic carbocycles. The van der Waals surface area contributed by atoms with Crippen LogP contribution < -0.4 is 5.32 Å². The second kappa shape index (κ2) is 6.00. The minimum absolute atomic E-state index is 0.116. The van der Waals surface area contributed by atoms with Gasteiger partial charge in [-0.1, -0.05) is 0 Å². The molecule has 2 unspecified atom stereocenters. The fourth-order valence-corrected chi connectivity index (χ4v) is 3.58. The van der Waals surface area contributed by atoms with Gasteiger partial charge in [-0.25, -0.2) is 9.59 Å². The van der Waals surface area contributed by atoms with E-state index in [4.69, 9.17) is 9.84 Å². The highest BCUT2D eigenvalue weighted by atomic mass is 32.2. The molecule has 0 bridgehead atoms. The van der Waals surface area contributed by atoms with Gasteiger partial charge in [0.05, 0.1) is 13.2 Å². The predicted octanol–water partition coefficient (Wildman–Crippen LogP) is 0.767. The molecule has 0 saturated carbocycles. The molecule has 7 heteroatoms. The molecular weight excluding hydrogens is 268 g/mol. The third kappa shape index (κ3) is 3.76. The van der Waals surface area contributed by atoms with Gasteiger partial charge in [0, 0.05) is 17.8 Å². The molecule has 2 atom stereocenters. The number of carbonyl (C=O) groups excluding carboxylic acids is 1. The largest absolute Gasteiger partial charge is 0.479 e. The molecule has 108 valence electrons. The fourth-order valence-electron chi connectivity index (χ4n) is 2.33. The molecule has 19 heavy (non-hydrogen) atoms. The van der Waals surface area contributed by atoms with E-state index in [9.17, 15) is 9.59 Å². The van der Waals surface area contributed by atoms with Gasteiger partial charge in [-0.15, -0.1) is 0 Å². The lowest BCUT2D eigenvalue weighted by atomic mass is 10.1. The molecular formula is C12H20N2O4S. The Morgan fingerprint density at radius 2 is 2.37 bits per heavy atom. The SMILES string of the molecule is CC1(CNC(=O)N2CCOC(C(=O)O)C2)CCCS1. The smallest absolute Gasteiger partial charge is 0.334 e. The maximum absolute atomic E-state index is 12.0. The minimum Gasteiger partial charge on any atom is -0.479 e. The lowest BCUT2D eigenvalue weighted by molar-refractivity contribution is -0.154. The first-order valence-corrected chi connectivity index (χ1v) is 7.50. The summed E-state index contributed by atoms with van der Waals surface area (Å²) in [5.74, 6) is 0.126. The topological polar surface area (TPSA) is 78.9 Å². The lowest BCUT2D eigenvalue weighted by Gasteiger charge is -2.32. The van der Waals surface area contributed by atoms with E-state index in [0.29, 0.717) is 13.1 Å². The third-order valence-corrected chi connectivity index (χ3v) is 5.08. The van der Waals surface area contributed by atoms with Crippen LogP contribution >= 0.6 is 11.8 Å². The Hall–Kier alpha value is -0.950. The number of carboxylic acids is 1. The number of nitrogens with zero attached hydrogens (tertiary/aromatic N) is 1. The number of ether oxygens (including phenoxy) is 1. The second-order valence-electron chi connectivity index (χ2n) is 5.20. The van der Waals surface area contributed by atoms with Crippen LogP contribution in [0.2, 0.25) is 0 Å². The standard InChI is InChI=1S/C12H20N2O4S/c1-12(3-2-6-19-12)8-13-11(17)14-4-5-18-9(7-14)10(15)16/h9H,2-8H2,1H3,(H,13,17)(H,15,16). The number of thioether (sulfide) groups is 1. The second-order valence-corrected chi connectivity index (χ2v) is 6.89. The third-order valence-electron chi connectivity index (χ3n) is 3.54. The maximum Gasteiger partial charge on any atom is 0.334 e. The molecule has 0 aromatic heterocycles. The summed E-state index contributed by atoms with van der Waals surface area (Å²) in [6.07, 6.45) is 1.39. The Bertz CT molecular complexity index is 358. The van der Waals surface area contributed by atoms with Gasteiger partial charge in [0.15, 0.2) is 6.10 Å². The van der Waals surface area contributed by atoms with Gasteiger partial charge in [-0.3, -0.25) is 0 Å². The summed E-state index contributed by atoms with van der Waals surface area (Å²) >= 11 is 1.89. The summed E-state index contributed by atoms with van der Waals surface area (Å²) in [6.45, 7) is 3.62. The zero-order valence-electron chi connectivity index (χ0n) is 11.1. The van der Waals surface area contributed by atoms with E-state index in [0.717, 1.165) is 12.2 Å². The Morgan fingerprint density at radius 3 is 3.00 bits per heavy atom. The highest BCUT2D eigenvalue weighted by Gasteiger charge is 2.32. The van der Waals surface area contributed by atoms with Crippen molar-refractivity contribution in [3.63, 3.8) is 0 Å². The molecule has 2 rings (SSSR count). The average Bonchev–Trinajstić information content (AvgIpc) is 2.83. The van der Waals surface area contributed by atoms with Gasteiger partial charge < -0.3 is 20.1 Å². The fraction of sp³-hybridized carbons (Fsp3) is 0.833. The quantitative estimate of drug-likeness (QED) is 0.802. The minimum atomic E-state index is -1.02. The number of urea groups is 1. The van der Waals surface area contributed by atoms with E-state index < -0.39 is 12.1 Å². The highest BCUT2D eigenvalue weighted by molar-refractivity contribution is 8.00. The lowest BCUT2D eigenvalue weighted by Crippen LogP contribution is -2.53. The molecule has 2 aliphatic rings. The van der Waals surface area contributed by atoms with Crippen LogP contribution in [0.5, 0.6) is 0 Å². The first-order chi connectivity index (χ1) is 9.00. The van der Waals surface area contributed by atoms with E-state index in [-0.39, 0.29) is 23.9 Å². The number of carbonyl (C=O) groups is 2. The Labute approximate surface area is 116 Å². The number of hydrogen-bond acceptors (Lipinski definition) is 4. The van der Waals surface area contributed by atoms with Crippen molar-refractivity contribution in [3.05, 3.63) is 0 Å². The zero-order chi connectivity index (χ0) is 13.9. The van der Waals surface area contributed by atoms with Crippen molar-refractivity contribution in [2.75, 3.05) is 32.0 Å². The predicted molar refractivity (Wildman–Crippen MR) is 72.4 cm³/mol. The van der Waals surface area contributed by atoms with Crippen molar-refractivity contribution in [1.29, 1.82) is 0 Å². The molecule has 2 saturated heterocycles. The summed E-state index contributed by atoms with van der Waals surface area (Å²) in [5, 5.41) is 11.8. The number of morpholine rings is 1. The Kier molecular flexibility index (Phi) is 4.57. The van der Waals surface area contributed by atoms with Gasteiger partial charge in [0.2, 0.25) is 0 Å². The Balaban J connectivity index is 1.80. The zero-order valence-corrected chi connectivity index (χ0v) is 11.9. The number of rotatable bonds is 3. The van der Waals surface area contributed by atoms with Crippen molar-refractivity contribution in [3.8, 4) is 0 Å². The Morgan fingerprint density at radius 1 is 1.58 bits per heavy atom. The number of hydrogen-bond donors (Lipinski definition) is 2. The van der Waals surface area contributed by atoms with Crippen molar-refractivity contribution >= 4 is 23.8 Å². The van der Waals surface area contributed by atoms with Crippen LogP contribution in [0.3, 0.4) is 0 Å². The molecule has 2 aliphatic heterocycles. The van der Waals surface area contributed by atoms with Gasteiger partial charge in [0.25, 0.3) is 0 Å². The van der Waals surface area contributed by atoms with E-state index >= 15 is 0 Å². The van der Waals surface area contributed by atoms with Crippen LogP contribution in [0.15, 0.2) is 0 Å². The van der Waals surface area contributed by atoms with E-state index in [1.807, 2.05) is 11.8 Å². The van der Waals surface area contributed by atoms with Crippen molar-refractivity contribution in [2.24, 2.45) is 0 Å². The normalized spacial score (nSPS) is 31.2. The molecule has 2 heterocycles. The molecule has 0 radical (unpaired) electrons. The van der Waals surface area contributed by atoms with Gasteiger partial charge in [0.1, 0.15) is 0 Å². The summed E-state index contributed by atoms with van der Waals surface area (Å²) in [4.78, 5) is 24.4. The van der Waals surface area contributed by atoms with Crippen LogP contribution in [0.25, 0.3) is 0 Å². The van der Waals surface area contributed by atoms with Crippen LogP contribution in [-0.2, 0) is 9.53 Å². The number of nitrogens with one attached hydrogen (secondary N) is 1. The number of aliphatic carboxylic acids is 1. The first-order valence-electron chi connectivity index (χ1n) is 6.51. The molecule has 2 N–H and O–H groups in total. The summed E-state index contributed by atoms with van der Waals surface area (Å²) < 4.78 is 5.21. The van der Waals surface area contributed by atoms with Gasteiger partial charge >= 0.3 is 12.0 Å². The van der Waals surface area contributed by atoms with E-state index in [1.54, 1.807) is 0 Å². The van der Waals surface area contributed by atoms with E-state index in [1.165, 1.54) is 11.3 Å². The highest BCUT2D eigenvalue weighted by Crippen LogP contribution is 2.36.